The van der Waals surface area contributed by atoms with Gasteiger partial charge >= 0.3 is 5.97 Å². The maximum absolute atomic E-state index is 11.9. The third-order valence-electron chi connectivity index (χ3n) is 2.71. The summed E-state index contributed by atoms with van der Waals surface area (Å²) in [4.78, 5) is 35.3. The molecule has 1 heterocycles. The van der Waals surface area contributed by atoms with Crippen molar-refractivity contribution in [2.75, 3.05) is 6.54 Å². The zero-order valence-electron chi connectivity index (χ0n) is 9.35. The van der Waals surface area contributed by atoms with Crippen molar-refractivity contribution in [1.29, 1.82) is 0 Å². The molecule has 1 aromatic rings. The molecule has 1 N–H and O–H groups in total. The predicted octanol–water partition coefficient (Wildman–Crippen LogP) is 1.80. The van der Waals surface area contributed by atoms with Crippen molar-refractivity contribution in [2.45, 2.75) is 12.8 Å². The number of halogens is 1. The van der Waals surface area contributed by atoms with Crippen LogP contribution >= 0.6 is 11.6 Å². The maximum atomic E-state index is 11.9. The summed E-state index contributed by atoms with van der Waals surface area (Å²) in [6, 6.07) is 4.51. The molecule has 0 fully saturated rings. The summed E-state index contributed by atoms with van der Waals surface area (Å²) in [5.41, 5.74) is 0.600. The number of fused-ring (bicyclic) bond motifs is 1. The van der Waals surface area contributed by atoms with Crippen LogP contribution in [0, 0.1) is 0 Å². The van der Waals surface area contributed by atoms with Crippen LogP contribution in [0.5, 0.6) is 0 Å². The normalized spacial score (nSPS) is 13.9. The van der Waals surface area contributed by atoms with E-state index in [1.54, 1.807) is 6.07 Å². The van der Waals surface area contributed by atoms with Crippen molar-refractivity contribution >= 4 is 29.4 Å². The molecule has 0 atom stereocenters. The summed E-state index contributed by atoms with van der Waals surface area (Å²) in [7, 11) is 0. The van der Waals surface area contributed by atoms with Crippen molar-refractivity contribution < 1.29 is 19.5 Å². The summed E-state index contributed by atoms with van der Waals surface area (Å²) in [5.74, 6) is -1.76. The molecular weight excluding hydrogens is 258 g/mol. The van der Waals surface area contributed by atoms with E-state index >= 15 is 0 Å². The Labute approximate surface area is 108 Å². The monoisotopic (exact) mass is 267 g/mol. The molecule has 1 aromatic carbocycles. The summed E-state index contributed by atoms with van der Waals surface area (Å²) in [5, 5.41) is 8.91. The van der Waals surface area contributed by atoms with Crippen LogP contribution in [0.25, 0.3) is 0 Å². The smallest absolute Gasteiger partial charge is 0.303 e. The lowest BCUT2D eigenvalue weighted by molar-refractivity contribution is -0.137. The summed E-state index contributed by atoms with van der Waals surface area (Å²) in [6.45, 7) is 0.107. The second-order valence-corrected chi connectivity index (χ2v) is 4.39. The lowest BCUT2D eigenvalue weighted by Crippen LogP contribution is -2.31. The van der Waals surface area contributed by atoms with Crippen LogP contribution in [-0.2, 0) is 4.79 Å². The van der Waals surface area contributed by atoms with Gasteiger partial charge in [-0.15, -0.1) is 0 Å². The van der Waals surface area contributed by atoms with Gasteiger partial charge in [0.2, 0.25) is 0 Å². The van der Waals surface area contributed by atoms with Crippen LogP contribution < -0.4 is 0 Å². The molecule has 2 amide bonds. The zero-order valence-corrected chi connectivity index (χ0v) is 10.1. The van der Waals surface area contributed by atoms with Crippen LogP contribution in [0.15, 0.2) is 18.2 Å². The van der Waals surface area contributed by atoms with Gasteiger partial charge in [0, 0.05) is 18.0 Å². The van der Waals surface area contributed by atoms with Gasteiger partial charge < -0.3 is 5.11 Å². The van der Waals surface area contributed by atoms with E-state index < -0.39 is 17.8 Å². The molecule has 0 aromatic heterocycles. The number of benzene rings is 1. The van der Waals surface area contributed by atoms with Gasteiger partial charge in [-0.2, -0.15) is 0 Å². The average molecular weight is 268 g/mol. The molecule has 2 rings (SSSR count). The highest BCUT2D eigenvalue weighted by Crippen LogP contribution is 2.25. The highest BCUT2D eigenvalue weighted by atomic mass is 35.5. The van der Waals surface area contributed by atoms with E-state index in [0.717, 1.165) is 4.90 Å². The Bertz CT molecular complexity index is 541. The minimum atomic E-state index is -0.949. The van der Waals surface area contributed by atoms with Crippen molar-refractivity contribution in [3.05, 3.63) is 34.3 Å². The second-order valence-electron chi connectivity index (χ2n) is 3.95. The largest absolute Gasteiger partial charge is 0.481 e. The molecule has 0 aliphatic carbocycles. The lowest BCUT2D eigenvalue weighted by Gasteiger charge is -2.12. The molecule has 5 nitrogen and oxygen atoms in total. The van der Waals surface area contributed by atoms with Crippen molar-refractivity contribution in [1.82, 2.24) is 4.90 Å². The SMILES string of the molecule is O=C(O)CCCN1C(=O)c2ccc(Cl)cc2C1=O. The zero-order chi connectivity index (χ0) is 13.3. The topological polar surface area (TPSA) is 74.7 Å². The fourth-order valence-electron chi connectivity index (χ4n) is 1.85. The van der Waals surface area contributed by atoms with E-state index in [9.17, 15) is 14.4 Å². The minimum absolute atomic E-state index is 0.0752. The molecule has 1 aliphatic heterocycles. The number of rotatable bonds is 4. The lowest BCUT2D eigenvalue weighted by atomic mass is 10.1. The van der Waals surface area contributed by atoms with Gasteiger partial charge in [-0.05, 0) is 24.6 Å². The highest BCUT2D eigenvalue weighted by molar-refractivity contribution is 6.32. The number of carboxylic acids is 1. The van der Waals surface area contributed by atoms with E-state index in [-0.39, 0.29) is 24.9 Å². The van der Waals surface area contributed by atoms with E-state index in [0.29, 0.717) is 10.6 Å². The van der Waals surface area contributed by atoms with E-state index in [4.69, 9.17) is 16.7 Å². The number of imide groups is 1. The fourth-order valence-corrected chi connectivity index (χ4v) is 2.03. The minimum Gasteiger partial charge on any atom is -0.481 e. The molecule has 0 spiro atoms. The van der Waals surface area contributed by atoms with Crippen molar-refractivity contribution in [3.8, 4) is 0 Å². The van der Waals surface area contributed by atoms with E-state index in [2.05, 4.69) is 0 Å². The van der Waals surface area contributed by atoms with Crippen molar-refractivity contribution in [2.24, 2.45) is 0 Å². The highest BCUT2D eigenvalue weighted by Gasteiger charge is 2.35. The van der Waals surface area contributed by atoms with E-state index in [1.807, 2.05) is 0 Å². The number of hydrogen-bond donors (Lipinski definition) is 1. The fraction of sp³-hybridized carbons (Fsp3) is 0.250. The summed E-state index contributed by atoms with van der Waals surface area (Å²) >= 11 is 5.77. The van der Waals surface area contributed by atoms with Gasteiger partial charge in [0.05, 0.1) is 11.1 Å². The van der Waals surface area contributed by atoms with Gasteiger partial charge in [0.1, 0.15) is 0 Å². The average Bonchev–Trinajstić information content (AvgIpc) is 2.53. The first-order valence-electron chi connectivity index (χ1n) is 5.38. The Morgan fingerprint density at radius 2 is 1.89 bits per heavy atom. The molecule has 0 saturated carbocycles. The van der Waals surface area contributed by atoms with Gasteiger partial charge in [0.25, 0.3) is 11.8 Å². The third-order valence-corrected chi connectivity index (χ3v) is 2.94. The number of hydrogen-bond acceptors (Lipinski definition) is 3. The first-order chi connectivity index (χ1) is 8.50. The van der Waals surface area contributed by atoms with Crippen LogP contribution in [0.2, 0.25) is 5.02 Å². The number of carbonyl (C=O) groups is 3. The molecule has 0 unspecified atom stereocenters. The second kappa shape index (κ2) is 4.78. The Morgan fingerprint density at radius 1 is 1.22 bits per heavy atom. The Morgan fingerprint density at radius 3 is 2.56 bits per heavy atom. The first-order valence-corrected chi connectivity index (χ1v) is 5.76. The summed E-state index contributed by atoms with van der Waals surface area (Å²) in [6.07, 6.45) is 0.169. The molecule has 0 radical (unpaired) electrons. The summed E-state index contributed by atoms with van der Waals surface area (Å²) < 4.78 is 0. The number of nitrogens with zero attached hydrogens (tertiary/aromatic N) is 1. The number of aliphatic carboxylic acids is 1. The Balaban J connectivity index is 2.15. The number of carbonyl (C=O) groups excluding carboxylic acids is 2. The van der Waals surface area contributed by atoms with Crippen molar-refractivity contribution in [3.63, 3.8) is 0 Å². The van der Waals surface area contributed by atoms with Gasteiger partial charge in [0.15, 0.2) is 0 Å². The molecule has 18 heavy (non-hydrogen) atoms. The predicted molar refractivity (Wildman–Crippen MR) is 63.7 cm³/mol. The van der Waals surface area contributed by atoms with Gasteiger partial charge in [-0.3, -0.25) is 19.3 Å². The Kier molecular flexibility index (Phi) is 3.34. The molecule has 0 bridgehead atoms. The molecule has 0 saturated heterocycles. The van der Waals surface area contributed by atoms with Crippen LogP contribution in [0.4, 0.5) is 0 Å². The van der Waals surface area contributed by atoms with Gasteiger partial charge in [-0.25, -0.2) is 0 Å². The van der Waals surface area contributed by atoms with Crippen LogP contribution in [0.3, 0.4) is 0 Å². The standard InChI is InChI=1S/C12H10ClNO4/c13-7-3-4-8-9(6-7)12(18)14(11(8)17)5-1-2-10(15)16/h3-4,6H,1-2,5H2,(H,15,16). The van der Waals surface area contributed by atoms with Crippen LogP contribution in [-0.4, -0.2) is 34.3 Å². The molecule has 6 heteroatoms. The van der Waals surface area contributed by atoms with Gasteiger partial charge in [-0.1, -0.05) is 11.6 Å². The molecule has 94 valence electrons. The first kappa shape index (κ1) is 12.6. The Hall–Kier alpha value is -1.88. The number of amides is 2. The number of carboxylic acid groups (broad SMARTS) is 1. The molecule has 1 aliphatic rings. The van der Waals surface area contributed by atoms with Crippen LogP contribution in [0.1, 0.15) is 33.6 Å². The maximum Gasteiger partial charge on any atom is 0.303 e. The third kappa shape index (κ3) is 2.22. The quantitative estimate of drug-likeness (QED) is 0.844. The molecular formula is C12H10ClNO4. The van der Waals surface area contributed by atoms with E-state index in [1.165, 1.54) is 12.1 Å².